The summed E-state index contributed by atoms with van der Waals surface area (Å²) in [5, 5.41) is 3.93. The van der Waals surface area contributed by atoms with Gasteiger partial charge in [0.15, 0.2) is 0 Å². The summed E-state index contributed by atoms with van der Waals surface area (Å²) >= 11 is 3.55. The van der Waals surface area contributed by atoms with Gasteiger partial charge >= 0.3 is 5.97 Å². The van der Waals surface area contributed by atoms with E-state index in [9.17, 15) is 9.59 Å². The molecule has 7 heteroatoms. The van der Waals surface area contributed by atoms with Crippen molar-refractivity contribution < 1.29 is 19.1 Å². The molecule has 0 spiro atoms. The molecule has 0 fully saturated rings. The fourth-order valence-electron chi connectivity index (χ4n) is 4.86. The van der Waals surface area contributed by atoms with Crippen LogP contribution in [-0.2, 0) is 9.53 Å². The molecule has 0 bridgehead atoms. The number of ether oxygens (including phenoxy) is 2. The molecule has 4 rings (SSSR count). The van der Waals surface area contributed by atoms with Crippen LogP contribution in [0.4, 0.5) is 0 Å². The van der Waals surface area contributed by atoms with Crippen molar-refractivity contribution in [1.82, 2.24) is 10.3 Å². The highest BCUT2D eigenvalue weighted by atomic mass is 79.9. The molecule has 40 heavy (non-hydrogen) atoms. The van der Waals surface area contributed by atoms with Crippen molar-refractivity contribution in [3.05, 3.63) is 94.0 Å². The lowest BCUT2D eigenvalue weighted by atomic mass is 9.92. The summed E-state index contributed by atoms with van der Waals surface area (Å²) in [5.74, 6) is 0.0810. The van der Waals surface area contributed by atoms with Gasteiger partial charge in [-0.25, -0.2) is 4.98 Å². The summed E-state index contributed by atoms with van der Waals surface area (Å²) in [4.78, 5) is 31.4. The highest BCUT2D eigenvalue weighted by Crippen LogP contribution is 2.33. The number of benzene rings is 3. The van der Waals surface area contributed by atoms with Crippen LogP contribution in [0.5, 0.6) is 5.75 Å². The van der Waals surface area contributed by atoms with Crippen LogP contribution in [0.15, 0.2) is 77.3 Å². The van der Waals surface area contributed by atoms with Crippen LogP contribution in [-0.4, -0.2) is 36.1 Å². The van der Waals surface area contributed by atoms with Crippen molar-refractivity contribution in [1.29, 1.82) is 0 Å². The van der Waals surface area contributed by atoms with E-state index in [0.717, 1.165) is 37.8 Å². The first-order chi connectivity index (χ1) is 19.1. The molecule has 0 aliphatic carbocycles. The van der Waals surface area contributed by atoms with E-state index in [0.29, 0.717) is 24.3 Å². The Balaban J connectivity index is 1.67. The van der Waals surface area contributed by atoms with E-state index in [1.807, 2.05) is 100 Å². The first-order valence-corrected chi connectivity index (χ1v) is 14.1. The SMILES string of the molecule is COc1ccccc1C(CCC(=O)OC(C)(C)C)CNC(=O)c1c(C)c(-c2ccccc2)nc2ccc(Br)cc12. The van der Waals surface area contributed by atoms with Crippen molar-refractivity contribution >= 4 is 38.7 Å². The summed E-state index contributed by atoms with van der Waals surface area (Å²) in [5.41, 5.74) is 4.21. The second kappa shape index (κ2) is 12.6. The molecule has 1 aromatic heterocycles. The fourth-order valence-corrected chi connectivity index (χ4v) is 5.22. The first kappa shape index (κ1) is 29.3. The number of para-hydroxylation sites is 1. The zero-order valence-electron chi connectivity index (χ0n) is 23.6. The van der Waals surface area contributed by atoms with Crippen LogP contribution >= 0.6 is 15.9 Å². The summed E-state index contributed by atoms with van der Waals surface area (Å²) < 4.78 is 12.0. The third-order valence-corrected chi connectivity index (χ3v) is 7.16. The third-order valence-electron chi connectivity index (χ3n) is 6.67. The molecule has 0 saturated heterocycles. The molecule has 1 unspecified atom stereocenters. The topological polar surface area (TPSA) is 77.5 Å². The molecule has 4 aromatic rings. The lowest BCUT2D eigenvalue weighted by Gasteiger charge is -2.23. The van der Waals surface area contributed by atoms with Crippen LogP contribution in [0.3, 0.4) is 0 Å². The number of carbonyl (C=O) groups is 2. The van der Waals surface area contributed by atoms with E-state index in [1.54, 1.807) is 7.11 Å². The highest BCUT2D eigenvalue weighted by Gasteiger charge is 2.24. The van der Waals surface area contributed by atoms with Gasteiger partial charge in [-0.2, -0.15) is 0 Å². The number of esters is 1. The van der Waals surface area contributed by atoms with Crippen LogP contribution in [0.1, 0.15) is 61.0 Å². The molecule has 1 heterocycles. The summed E-state index contributed by atoms with van der Waals surface area (Å²) in [6.07, 6.45) is 0.713. The van der Waals surface area contributed by atoms with Crippen molar-refractivity contribution in [2.75, 3.05) is 13.7 Å². The number of halogens is 1. The fraction of sp³-hybridized carbons (Fsp3) is 0.303. The molecular formula is C33H35BrN2O4. The minimum absolute atomic E-state index is 0.165. The van der Waals surface area contributed by atoms with Gasteiger partial charge in [-0.3, -0.25) is 9.59 Å². The van der Waals surface area contributed by atoms with Gasteiger partial charge in [0, 0.05) is 34.3 Å². The molecule has 0 aliphatic heterocycles. The molecule has 1 amide bonds. The van der Waals surface area contributed by atoms with Gasteiger partial charge in [0.1, 0.15) is 11.4 Å². The Morgan fingerprint density at radius 3 is 2.40 bits per heavy atom. The van der Waals surface area contributed by atoms with E-state index >= 15 is 0 Å². The van der Waals surface area contributed by atoms with Crippen LogP contribution in [0.2, 0.25) is 0 Å². The molecule has 1 atom stereocenters. The van der Waals surface area contributed by atoms with Crippen LogP contribution < -0.4 is 10.1 Å². The average Bonchev–Trinajstić information content (AvgIpc) is 2.92. The van der Waals surface area contributed by atoms with Crippen LogP contribution in [0.25, 0.3) is 22.2 Å². The summed E-state index contributed by atoms with van der Waals surface area (Å²) in [7, 11) is 1.62. The molecule has 0 aliphatic rings. The Morgan fingerprint density at radius 1 is 1.00 bits per heavy atom. The number of amides is 1. The molecule has 1 N–H and O–H groups in total. The van der Waals surface area contributed by atoms with Crippen molar-refractivity contribution in [3.8, 4) is 17.0 Å². The standard InChI is InChI=1S/C33H35BrN2O4/c1-21-30(26-19-24(34)16-17-27(26)36-31(21)22-11-7-6-8-12-22)32(38)35-20-23(15-18-29(37)40-33(2,3)4)25-13-9-10-14-28(25)39-5/h6-14,16-17,19,23H,15,18,20H2,1-5H3,(H,35,38). The Labute approximate surface area is 244 Å². The maximum Gasteiger partial charge on any atom is 0.306 e. The van der Waals surface area contributed by atoms with Crippen molar-refractivity contribution in [2.24, 2.45) is 0 Å². The Kier molecular flexibility index (Phi) is 9.25. The van der Waals surface area contributed by atoms with Crippen molar-refractivity contribution in [2.45, 2.75) is 52.1 Å². The maximum atomic E-state index is 13.9. The largest absolute Gasteiger partial charge is 0.496 e. The number of aromatic nitrogens is 1. The van der Waals surface area contributed by atoms with Gasteiger partial charge in [-0.1, -0.05) is 64.5 Å². The minimum Gasteiger partial charge on any atom is -0.496 e. The number of hydrogen-bond donors (Lipinski definition) is 1. The zero-order valence-corrected chi connectivity index (χ0v) is 25.2. The maximum absolute atomic E-state index is 13.9. The second-order valence-electron chi connectivity index (χ2n) is 10.8. The number of fused-ring (bicyclic) bond motifs is 1. The molecule has 208 valence electrons. The van der Waals surface area contributed by atoms with Gasteiger partial charge in [0.05, 0.1) is 23.9 Å². The quantitative estimate of drug-likeness (QED) is 0.199. The molecule has 0 saturated carbocycles. The number of carbonyl (C=O) groups excluding carboxylic acids is 2. The van der Waals surface area contributed by atoms with E-state index < -0.39 is 5.60 Å². The predicted octanol–water partition coefficient (Wildman–Crippen LogP) is 7.62. The zero-order chi connectivity index (χ0) is 28.9. The normalized spacial score (nSPS) is 12.2. The number of pyridine rings is 1. The number of nitrogens with zero attached hydrogens (tertiary/aromatic N) is 1. The monoisotopic (exact) mass is 602 g/mol. The Morgan fingerprint density at radius 2 is 1.70 bits per heavy atom. The lowest BCUT2D eigenvalue weighted by Crippen LogP contribution is -2.30. The summed E-state index contributed by atoms with van der Waals surface area (Å²) in [6.45, 7) is 7.81. The molecule has 6 nitrogen and oxygen atoms in total. The van der Waals surface area contributed by atoms with E-state index in [-0.39, 0.29) is 24.2 Å². The van der Waals surface area contributed by atoms with E-state index in [4.69, 9.17) is 14.5 Å². The van der Waals surface area contributed by atoms with E-state index in [1.165, 1.54) is 0 Å². The number of methoxy groups -OCH3 is 1. The van der Waals surface area contributed by atoms with Gasteiger partial charge in [-0.05, 0) is 69.5 Å². The van der Waals surface area contributed by atoms with Gasteiger partial charge in [0.2, 0.25) is 0 Å². The highest BCUT2D eigenvalue weighted by molar-refractivity contribution is 9.10. The van der Waals surface area contributed by atoms with Crippen LogP contribution in [0, 0.1) is 6.92 Å². The second-order valence-corrected chi connectivity index (χ2v) is 11.7. The van der Waals surface area contributed by atoms with Gasteiger partial charge in [0.25, 0.3) is 5.91 Å². The first-order valence-electron chi connectivity index (χ1n) is 13.4. The Hall–Kier alpha value is -3.71. The molecule has 3 aromatic carbocycles. The minimum atomic E-state index is -0.560. The van der Waals surface area contributed by atoms with Gasteiger partial charge < -0.3 is 14.8 Å². The van der Waals surface area contributed by atoms with Crippen molar-refractivity contribution in [3.63, 3.8) is 0 Å². The average molecular weight is 604 g/mol. The summed E-state index contributed by atoms with van der Waals surface area (Å²) in [6, 6.07) is 23.4. The lowest BCUT2D eigenvalue weighted by molar-refractivity contribution is -0.155. The third kappa shape index (κ3) is 7.07. The number of rotatable bonds is 9. The number of nitrogens with one attached hydrogen (secondary N) is 1. The number of hydrogen-bond acceptors (Lipinski definition) is 5. The Bertz CT molecular complexity index is 1510. The molecular weight excluding hydrogens is 568 g/mol. The predicted molar refractivity (Wildman–Crippen MR) is 163 cm³/mol. The van der Waals surface area contributed by atoms with E-state index in [2.05, 4.69) is 21.2 Å². The molecule has 0 radical (unpaired) electrons. The smallest absolute Gasteiger partial charge is 0.306 e. The van der Waals surface area contributed by atoms with Gasteiger partial charge in [-0.15, -0.1) is 0 Å².